The minimum atomic E-state index is 0.0417. The Morgan fingerprint density at radius 2 is 2.12 bits per heavy atom. The first-order valence-corrected chi connectivity index (χ1v) is 9.04. The van der Waals surface area contributed by atoms with Crippen LogP contribution in [0.25, 0.3) is 21.8 Å². The van der Waals surface area contributed by atoms with E-state index in [4.69, 9.17) is 9.72 Å². The minimum Gasteiger partial charge on any atom is -0.496 e. The summed E-state index contributed by atoms with van der Waals surface area (Å²) in [6, 6.07) is 11.8. The summed E-state index contributed by atoms with van der Waals surface area (Å²) >= 11 is 5.07. The molecule has 1 aliphatic rings. The highest BCUT2D eigenvalue weighted by atomic mass is 79.9. The van der Waals surface area contributed by atoms with E-state index in [0.29, 0.717) is 6.42 Å². The molecule has 0 fully saturated rings. The van der Waals surface area contributed by atoms with E-state index in [-0.39, 0.29) is 5.91 Å². The van der Waals surface area contributed by atoms with Crippen molar-refractivity contribution in [3.63, 3.8) is 0 Å². The van der Waals surface area contributed by atoms with Crippen LogP contribution in [-0.2, 0) is 11.2 Å². The third kappa shape index (κ3) is 2.72. The Kier molecular flexibility index (Phi) is 3.86. The number of carbonyl (C=O) groups excluding carboxylic acids is 1. The number of rotatable bonds is 3. The molecule has 0 atom stereocenters. The molecule has 4 rings (SSSR count). The highest BCUT2D eigenvalue weighted by Crippen LogP contribution is 2.37. The van der Waals surface area contributed by atoms with Crippen LogP contribution in [0.4, 0.5) is 5.69 Å². The van der Waals surface area contributed by atoms with Gasteiger partial charge in [-0.25, -0.2) is 4.98 Å². The Hall–Kier alpha value is -2.18. The second-order valence-corrected chi connectivity index (χ2v) is 7.25. The van der Waals surface area contributed by atoms with E-state index in [9.17, 15) is 4.79 Å². The number of nitrogens with one attached hydrogen (secondary N) is 1. The molecule has 120 valence electrons. The molecule has 4 nitrogen and oxygen atoms in total. The molecular formula is C18H13BrN2O2S. The standard InChI is InChI=1S/C18H13BrN2O2S/c1-23-16-5-3-12(19)8-13(16)18-21-15(9-24-18)10-2-4-14-11(6-10)7-17(22)20-14/h2-6,8-9H,7H2,1H3,(H,20,22). The van der Waals surface area contributed by atoms with Gasteiger partial charge in [0.05, 0.1) is 24.8 Å². The van der Waals surface area contributed by atoms with Crippen molar-refractivity contribution in [1.82, 2.24) is 4.98 Å². The van der Waals surface area contributed by atoms with Gasteiger partial charge in [0, 0.05) is 21.1 Å². The molecule has 0 saturated carbocycles. The first kappa shape index (κ1) is 15.4. The number of carbonyl (C=O) groups is 1. The molecule has 1 amide bonds. The van der Waals surface area contributed by atoms with E-state index in [1.54, 1.807) is 18.4 Å². The van der Waals surface area contributed by atoms with Crippen LogP contribution in [-0.4, -0.2) is 18.0 Å². The zero-order chi connectivity index (χ0) is 16.7. The second-order valence-electron chi connectivity index (χ2n) is 5.48. The van der Waals surface area contributed by atoms with Crippen molar-refractivity contribution >= 4 is 38.9 Å². The number of aromatic nitrogens is 1. The van der Waals surface area contributed by atoms with Gasteiger partial charge in [-0.2, -0.15) is 0 Å². The molecule has 1 aromatic heterocycles. The smallest absolute Gasteiger partial charge is 0.228 e. The number of anilines is 1. The van der Waals surface area contributed by atoms with Crippen molar-refractivity contribution in [3.8, 4) is 27.6 Å². The van der Waals surface area contributed by atoms with Gasteiger partial charge in [0.15, 0.2) is 0 Å². The zero-order valence-electron chi connectivity index (χ0n) is 12.8. The topological polar surface area (TPSA) is 51.2 Å². The number of hydrogen-bond acceptors (Lipinski definition) is 4. The van der Waals surface area contributed by atoms with Crippen molar-refractivity contribution in [2.45, 2.75) is 6.42 Å². The van der Waals surface area contributed by atoms with Crippen molar-refractivity contribution in [2.75, 3.05) is 12.4 Å². The summed E-state index contributed by atoms with van der Waals surface area (Å²) in [5.41, 5.74) is 4.79. The van der Waals surface area contributed by atoms with Crippen LogP contribution in [0.2, 0.25) is 0 Å². The van der Waals surface area contributed by atoms with Crippen molar-refractivity contribution in [3.05, 3.63) is 51.8 Å². The van der Waals surface area contributed by atoms with Gasteiger partial charge in [-0.1, -0.05) is 22.0 Å². The number of halogens is 1. The van der Waals surface area contributed by atoms with Gasteiger partial charge in [0.2, 0.25) is 5.91 Å². The third-order valence-electron chi connectivity index (χ3n) is 3.92. The molecule has 24 heavy (non-hydrogen) atoms. The van der Waals surface area contributed by atoms with E-state index < -0.39 is 0 Å². The normalized spacial score (nSPS) is 12.8. The number of fused-ring (bicyclic) bond motifs is 1. The lowest BCUT2D eigenvalue weighted by molar-refractivity contribution is -0.115. The summed E-state index contributed by atoms with van der Waals surface area (Å²) in [5.74, 6) is 0.836. The van der Waals surface area contributed by atoms with Crippen LogP contribution >= 0.6 is 27.3 Å². The predicted octanol–water partition coefficient (Wildman–Crippen LogP) is 4.74. The molecular weight excluding hydrogens is 388 g/mol. The van der Waals surface area contributed by atoms with E-state index in [0.717, 1.165) is 43.3 Å². The van der Waals surface area contributed by atoms with Gasteiger partial charge in [-0.3, -0.25) is 4.79 Å². The lowest BCUT2D eigenvalue weighted by Crippen LogP contribution is -2.03. The van der Waals surface area contributed by atoms with Crippen molar-refractivity contribution in [1.29, 1.82) is 0 Å². The van der Waals surface area contributed by atoms with Crippen molar-refractivity contribution < 1.29 is 9.53 Å². The van der Waals surface area contributed by atoms with Crippen LogP contribution in [0, 0.1) is 0 Å². The minimum absolute atomic E-state index is 0.0417. The Balaban J connectivity index is 1.73. The number of benzene rings is 2. The molecule has 6 heteroatoms. The van der Waals surface area contributed by atoms with Crippen molar-refractivity contribution in [2.24, 2.45) is 0 Å². The monoisotopic (exact) mass is 400 g/mol. The van der Waals surface area contributed by atoms with Gasteiger partial charge in [0.1, 0.15) is 10.8 Å². The molecule has 1 N–H and O–H groups in total. The van der Waals surface area contributed by atoms with Gasteiger partial charge < -0.3 is 10.1 Å². The second kappa shape index (κ2) is 6.03. The largest absolute Gasteiger partial charge is 0.496 e. The molecule has 0 radical (unpaired) electrons. The van der Waals surface area contributed by atoms with Gasteiger partial charge >= 0.3 is 0 Å². The Morgan fingerprint density at radius 3 is 2.96 bits per heavy atom. The fourth-order valence-corrected chi connectivity index (χ4v) is 3.98. The average Bonchev–Trinajstić information content (AvgIpc) is 3.19. The fraction of sp³-hybridized carbons (Fsp3) is 0.111. The number of nitrogens with zero attached hydrogens (tertiary/aromatic N) is 1. The highest BCUT2D eigenvalue weighted by Gasteiger charge is 2.19. The summed E-state index contributed by atoms with van der Waals surface area (Å²) in [6.45, 7) is 0. The lowest BCUT2D eigenvalue weighted by Gasteiger charge is -2.06. The summed E-state index contributed by atoms with van der Waals surface area (Å²) in [7, 11) is 1.66. The molecule has 1 aliphatic heterocycles. The molecule has 0 spiro atoms. The Labute approximate surface area is 151 Å². The first-order chi connectivity index (χ1) is 11.6. The summed E-state index contributed by atoms with van der Waals surface area (Å²) < 4.78 is 6.43. The van der Waals surface area contributed by atoms with Gasteiger partial charge in [0.25, 0.3) is 0 Å². The van der Waals surface area contributed by atoms with Crippen LogP contribution in [0.1, 0.15) is 5.56 Å². The number of hydrogen-bond donors (Lipinski definition) is 1. The van der Waals surface area contributed by atoms with Crippen LogP contribution < -0.4 is 10.1 Å². The van der Waals surface area contributed by atoms with E-state index >= 15 is 0 Å². The molecule has 0 aliphatic carbocycles. The maximum absolute atomic E-state index is 11.5. The third-order valence-corrected chi connectivity index (χ3v) is 5.29. The zero-order valence-corrected chi connectivity index (χ0v) is 15.2. The molecule has 0 saturated heterocycles. The summed E-state index contributed by atoms with van der Waals surface area (Å²) in [4.78, 5) is 16.3. The van der Waals surface area contributed by atoms with E-state index in [1.165, 1.54) is 0 Å². The molecule has 3 aromatic rings. The highest BCUT2D eigenvalue weighted by molar-refractivity contribution is 9.10. The fourth-order valence-electron chi connectivity index (χ4n) is 2.77. The van der Waals surface area contributed by atoms with Crippen LogP contribution in [0.5, 0.6) is 5.75 Å². The number of thiazole rings is 1. The molecule has 0 unspecified atom stereocenters. The number of methoxy groups -OCH3 is 1. The lowest BCUT2D eigenvalue weighted by atomic mass is 10.1. The SMILES string of the molecule is COc1ccc(Br)cc1-c1nc(-c2ccc3c(c2)CC(=O)N3)cs1. The molecule has 2 heterocycles. The summed E-state index contributed by atoms with van der Waals surface area (Å²) in [6.07, 6.45) is 0.430. The first-order valence-electron chi connectivity index (χ1n) is 7.36. The molecule has 2 aromatic carbocycles. The Bertz CT molecular complexity index is 952. The van der Waals surface area contributed by atoms with Crippen LogP contribution in [0.15, 0.2) is 46.3 Å². The van der Waals surface area contributed by atoms with E-state index in [2.05, 4.69) is 21.2 Å². The predicted molar refractivity (Wildman–Crippen MR) is 99.6 cm³/mol. The Morgan fingerprint density at radius 1 is 1.25 bits per heavy atom. The maximum Gasteiger partial charge on any atom is 0.228 e. The van der Waals surface area contributed by atoms with Crippen LogP contribution in [0.3, 0.4) is 0 Å². The number of ether oxygens (including phenoxy) is 1. The van der Waals surface area contributed by atoms with Gasteiger partial charge in [-0.05, 0) is 35.9 Å². The quantitative estimate of drug-likeness (QED) is 0.690. The number of amides is 1. The van der Waals surface area contributed by atoms with Gasteiger partial charge in [-0.15, -0.1) is 11.3 Å². The average molecular weight is 401 g/mol. The molecule has 0 bridgehead atoms. The van der Waals surface area contributed by atoms with E-state index in [1.807, 2.05) is 41.8 Å². The summed E-state index contributed by atoms with van der Waals surface area (Å²) in [5, 5.41) is 5.78. The maximum atomic E-state index is 11.5.